The van der Waals surface area contributed by atoms with E-state index in [2.05, 4.69) is 4.74 Å². The van der Waals surface area contributed by atoms with Gasteiger partial charge in [0.05, 0.1) is 19.2 Å². The highest BCUT2D eigenvalue weighted by Crippen LogP contribution is 2.43. The molecular weight excluding hydrogens is 260 g/mol. The van der Waals surface area contributed by atoms with Crippen LogP contribution in [-0.4, -0.2) is 30.4 Å². The van der Waals surface area contributed by atoms with E-state index in [1.54, 1.807) is 13.8 Å². The van der Waals surface area contributed by atoms with Crippen molar-refractivity contribution in [1.29, 1.82) is 0 Å². The van der Waals surface area contributed by atoms with Gasteiger partial charge in [-0.25, -0.2) is 4.79 Å². The molecule has 0 saturated heterocycles. The van der Waals surface area contributed by atoms with E-state index in [9.17, 15) is 15.0 Å². The first kappa shape index (κ1) is 14.6. The Morgan fingerprint density at radius 2 is 1.83 bits per heavy atom. The van der Waals surface area contributed by atoms with Crippen LogP contribution in [0.25, 0.3) is 0 Å². The summed E-state index contributed by atoms with van der Waals surface area (Å²) in [4.78, 5) is 11.3. The fourth-order valence-corrected chi connectivity index (χ4v) is 1.98. The number of methoxy groups -OCH3 is 2. The fraction of sp³-hybridized carbons (Fsp3) is 0.417. The molecule has 0 aromatic heterocycles. The summed E-state index contributed by atoms with van der Waals surface area (Å²) < 4.78 is 9.45. The third-order valence-electron chi connectivity index (χ3n) is 2.78. The maximum Gasteiger partial charge on any atom is 0.339 e. The molecule has 0 aliphatic heterocycles. The maximum absolute atomic E-state index is 11.3. The van der Waals surface area contributed by atoms with Crippen LogP contribution < -0.4 is 4.74 Å². The lowest BCUT2D eigenvalue weighted by molar-refractivity contribution is -0.150. The molecule has 0 heterocycles. The van der Waals surface area contributed by atoms with E-state index >= 15 is 0 Å². The molecule has 1 rings (SSSR count). The second-order valence-corrected chi connectivity index (χ2v) is 4.16. The molecule has 1 aromatic carbocycles. The summed E-state index contributed by atoms with van der Waals surface area (Å²) in [6, 6.07) is 0. The molecule has 0 bridgehead atoms. The quantitative estimate of drug-likeness (QED) is 0.823. The van der Waals surface area contributed by atoms with E-state index in [4.69, 9.17) is 16.3 Å². The number of halogens is 1. The Hall–Kier alpha value is -1.46. The second-order valence-electron chi connectivity index (χ2n) is 3.79. The largest absolute Gasteiger partial charge is 0.504 e. The monoisotopic (exact) mass is 274 g/mol. The standard InChI is InChI=1S/C12H15ClO5/c1-5-7(10(15)12(16)18-4)9(14)11(17-3)6(2)8(5)13/h10,14-15H,1-4H3. The number of aliphatic hydroxyl groups is 1. The SMILES string of the molecule is COC(=O)C(O)c1c(C)c(Cl)c(C)c(OC)c1O. The van der Waals surface area contributed by atoms with Crippen LogP contribution in [0.2, 0.25) is 5.02 Å². The molecule has 0 saturated carbocycles. The lowest BCUT2D eigenvalue weighted by Gasteiger charge is -2.19. The summed E-state index contributed by atoms with van der Waals surface area (Å²) in [5, 5.41) is 20.2. The van der Waals surface area contributed by atoms with Crippen molar-refractivity contribution in [3.05, 3.63) is 21.7 Å². The lowest BCUT2D eigenvalue weighted by Crippen LogP contribution is -2.15. The van der Waals surface area contributed by atoms with Crippen LogP contribution in [-0.2, 0) is 9.53 Å². The van der Waals surface area contributed by atoms with Crippen LogP contribution >= 0.6 is 11.6 Å². The minimum atomic E-state index is -1.61. The number of phenolic OH excluding ortho intramolecular Hbond substituents is 1. The van der Waals surface area contributed by atoms with Crippen molar-refractivity contribution in [2.45, 2.75) is 20.0 Å². The molecule has 18 heavy (non-hydrogen) atoms. The minimum absolute atomic E-state index is 0.00528. The van der Waals surface area contributed by atoms with Crippen LogP contribution in [0.15, 0.2) is 0 Å². The third-order valence-corrected chi connectivity index (χ3v) is 3.34. The number of carbonyl (C=O) groups excluding carboxylic acids is 1. The van der Waals surface area contributed by atoms with E-state index in [-0.39, 0.29) is 17.1 Å². The molecule has 0 aliphatic rings. The number of esters is 1. The molecule has 0 aliphatic carbocycles. The van der Waals surface area contributed by atoms with Gasteiger partial charge in [0.1, 0.15) is 0 Å². The molecule has 0 amide bonds. The van der Waals surface area contributed by atoms with Gasteiger partial charge in [-0.1, -0.05) is 11.6 Å². The highest BCUT2D eigenvalue weighted by Gasteiger charge is 2.28. The Morgan fingerprint density at radius 1 is 1.28 bits per heavy atom. The van der Waals surface area contributed by atoms with Gasteiger partial charge in [0.2, 0.25) is 0 Å². The summed E-state index contributed by atoms with van der Waals surface area (Å²) >= 11 is 6.08. The second kappa shape index (κ2) is 5.46. The first-order valence-corrected chi connectivity index (χ1v) is 5.55. The van der Waals surface area contributed by atoms with Gasteiger partial charge in [0.15, 0.2) is 17.6 Å². The summed E-state index contributed by atoms with van der Waals surface area (Å²) in [6.07, 6.45) is -1.61. The minimum Gasteiger partial charge on any atom is -0.504 e. The van der Waals surface area contributed by atoms with Crippen LogP contribution in [0, 0.1) is 13.8 Å². The molecular formula is C12H15ClO5. The Balaban J connectivity index is 3.54. The lowest BCUT2D eigenvalue weighted by atomic mass is 9.98. The number of aromatic hydroxyl groups is 1. The maximum atomic E-state index is 11.3. The normalized spacial score (nSPS) is 12.1. The zero-order valence-electron chi connectivity index (χ0n) is 10.6. The van der Waals surface area contributed by atoms with Crippen LogP contribution in [0.4, 0.5) is 0 Å². The van der Waals surface area contributed by atoms with Crippen molar-refractivity contribution in [1.82, 2.24) is 0 Å². The summed E-state index contributed by atoms with van der Waals surface area (Å²) in [6.45, 7) is 3.26. The molecule has 1 atom stereocenters. The number of phenols is 1. The van der Waals surface area contributed by atoms with Crippen molar-refractivity contribution in [3.8, 4) is 11.5 Å². The van der Waals surface area contributed by atoms with Gasteiger partial charge in [0.25, 0.3) is 0 Å². The van der Waals surface area contributed by atoms with Gasteiger partial charge in [-0.15, -0.1) is 0 Å². The van der Waals surface area contributed by atoms with E-state index in [1.165, 1.54) is 7.11 Å². The van der Waals surface area contributed by atoms with Crippen LogP contribution in [0.5, 0.6) is 11.5 Å². The van der Waals surface area contributed by atoms with Crippen molar-refractivity contribution < 1.29 is 24.5 Å². The molecule has 6 heteroatoms. The Labute approximate surface area is 110 Å². The highest BCUT2D eigenvalue weighted by molar-refractivity contribution is 6.32. The van der Waals surface area contributed by atoms with Crippen molar-refractivity contribution in [2.75, 3.05) is 14.2 Å². The molecule has 0 radical (unpaired) electrons. The molecule has 1 aromatic rings. The van der Waals surface area contributed by atoms with Crippen molar-refractivity contribution >= 4 is 17.6 Å². The third kappa shape index (κ3) is 2.23. The fourth-order valence-electron chi connectivity index (χ4n) is 1.79. The number of carbonyl (C=O) groups is 1. The van der Waals surface area contributed by atoms with Gasteiger partial charge in [-0.3, -0.25) is 0 Å². The van der Waals surface area contributed by atoms with Gasteiger partial charge in [-0.05, 0) is 19.4 Å². The van der Waals surface area contributed by atoms with Gasteiger partial charge in [0, 0.05) is 11.1 Å². The number of hydrogen-bond donors (Lipinski definition) is 2. The van der Waals surface area contributed by atoms with Gasteiger partial charge < -0.3 is 19.7 Å². The van der Waals surface area contributed by atoms with Crippen LogP contribution in [0.3, 0.4) is 0 Å². The molecule has 0 fully saturated rings. The van der Waals surface area contributed by atoms with E-state index in [1.807, 2.05) is 0 Å². The van der Waals surface area contributed by atoms with E-state index in [0.29, 0.717) is 16.1 Å². The zero-order valence-corrected chi connectivity index (χ0v) is 11.3. The molecule has 5 nitrogen and oxygen atoms in total. The average Bonchev–Trinajstić information content (AvgIpc) is 2.35. The predicted octanol–water partition coefficient (Wildman–Crippen LogP) is 1.88. The van der Waals surface area contributed by atoms with E-state index < -0.39 is 12.1 Å². The Kier molecular flexibility index (Phi) is 4.43. The molecule has 2 N–H and O–H groups in total. The smallest absolute Gasteiger partial charge is 0.339 e. The Morgan fingerprint density at radius 3 is 2.28 bits per heavy atom. The van der Waals surface area contributed by atoms with Crippen molar-refractivity contribution in [2.24, 2.45) is 0 Å². The summed E-state index contributed by atoms with van der Waals surface area (Å²) in [5.41, 5.74) is 0.939. The summed E-state index contributed by atoms with van der Waals surface area (Å²) in [5.74, 6) is -1.06. The number of rotatable bonds is 3. The molecule has 1 unspecified atom stereocenters. The van der Waals surface area contributed by atoms with Gasteiger partial charge >= 0.3 is 5.97 Å². The van der Waals surface area contributed by atoms with Gasteiger partial charge in [-0.2, -0.15) is 0 Å². The predicted molar refractivity (Wildman–Crippen MR) is 66.1 cm³/mol. The van der Waals surface area contributed by atoms with E-state index in [0.717, 1.165) is 7.11 Å². The zero-order chi connectivity index (χ0) is 14.0. The van der Waals surface area contributed by atoms with Crippen LogP contribution in [0.1, 0.15) is 22.8 Å². The van der Waals surface area contributed by atoms with Crippen molar-refractivity contribution in [3.63, 3.8) is 0 Å². The Bertz CT molecular complexity index is 484. The summed E-state index contributed by atoms with van der Waals surface area (Å²) in [7, 11) is 2.51. The molecule has 0 spiro atoms. The topological polar surface area (TPSA) is 76.0 Å². The average molecular weight is 275 g/mol. The first-order valence-electron chi connectivity index (χ1n) is 5.18. The number of aliphatic hydroxyl groups excluding tert-OH is 1. The first-order chi connectivity index (χ1) is 8.36. The molecule has 100 valence electrons. The highest BCUT2D eigenvalue weighted by atomic mass is 35.5. The number of benzene rings is 1. The number of ether oxygens (including phenoxy) is 2. The number of hydrogen-bond acceptors (Lipinski definition) is 5.